The number of rotatable bonds is 6. The smallest absolute Gasteiger partial charge is 0.257 e. The molecule has 0 bridgehead atoms. The van der Waals surface area contributed by atoms with Crippen LogP contribution in [-0.2, 0) is 11.0 Å². The molecule has 2 aromatic carbocycles. The van der Waals surface area contributed by atoms with E-state index in [9.17, 15) is 9.00 Å². The Morgan fingerprint density at radius 3 is 2.73 bits per heavy atom. The maximum Gasteiger partial charge on any atom is 0.257 e. The van der Waals surface area contributed by atoms with Crippen LogP contribution in [0.1, 0.15) is 21.6 Å². The van der Waals surface area contributed by atoms with Crippen molar-refractivity contribution < 1.29 is 9.00 Å². The van der Waals surface area contributed by atoms with Gasteiger partial charge in [0, 0.05) is 24.0 Å². The number of carbonyl (C=O) groups excluding carboxylic acids is 1. The van der Waals surface area contributed by atoms with Crippen molar-refractivity contribution in [2.24, 2.45) is 4.99 Å². The molecule has 152 valence electrons. The van der Waals surface area contributed by atoms with Crippen molar-refractivity contribution in [1.82, 2.24) is 4.98 Å². The molecule has 0 aliphatic carbocycles. The lowest BCUT2D eigenvalue weighted by Gasteiger charge is -2.31. The third-order valence-electron chi connectivity index (χ3n) is 4.64. The minimum absolute atomic E-state index is 0.294. The van der Waals surface area contributed by atoms with E-state index in [4.69, 9.17) is 17.0 Å². The summed E-state index contributed by atoms with van der Waals surface area (Å²) in [4.78, 5) is 20.0. The Kier molecular flexibility index (Phi) is 5.78. The number of benzene rings is 2. The van der Waals surface area contributed by atoms with Gasteiger partial charge in [0.25, 0.3) is 5.91 Å². The van der Waals surface area contributed by atoms with Crippen LogP contribution in [0.3, 0.4) is 0 Å². The van der Waals surface area contributed by atoms with Gasteiger partial charge in [0.2, 0.25) is 0 Å². The van der Waals surface area contributed by atoms with Gasteiger partial charge in [-0.15, -0.1) is 0 Å². The number of aromatic nitrogens is 1. The Hall–Kier alpha value is -3.23. The summed E-state index contributed by atoms with van der Waals surface area (Å²) in [5, 5.41) is 10.5. The fourth-order valence-corrected chi connectivity index (χ4v) is 4.26. The van der Waals surface area contributed by atoms with E-state index < -0.39 is 11.0 Å². The van der Waals surface area contributed by atoms with E-state index >= 15 is 0 Å². The molecule has 3 aromatic rings. The standard InChI is InChI=1S/C21H18ClN5O2S/c22-18-12-16(27-9-10-30(27)29)6-7-17(18)21(28)26-15-4-1-3-14(11-15)20(25-13-23)19-5-2-8-24-19/h1-8,11-13,23-24H,9-10H2,(H,26,28). The molecule has 0 saturated carbocycles. The SMILES string of the molecule is N=CN=C(c1cccc(NC(=O)c2ccc(N3CCS3=O)cc2Cl)c1)c1ccc[nH]1. The summed E-state index contributed by atoms with van der Waals surface area (Å²) in [5.41, 5.74) is 3.75. The molecule has 1 unspecified atom stereocenters. The molecule has 1 aromatic heterocycles. The molecule has 3 N–H and O–H groups in total. The molecule has 9 heteroatoms. The van der Waals surface area contributed by atoms with Crippen LogP contribution in [0.4, 0.5) is 11.4 Å². The third kappa shape index (κ3) is 4.05. The zero-order valence-corrected chi connectivity index (χ0v) is 17.3. The first-order chi connectivity index (χ1) is 14.6. The highest BCUT2D eigenvalue weighted by molar-refractivity contribution is 7.88. The van der Waals surface area contributed by atoms with E-state index in [2.05, 4.69) is 15.3 Å². The van der Waals surface area contributed by atoms with Gasteiger partial charge in [0.15, 0.2) is 0 Å². The Labute approximate surface area is 180 Å². The van der Waals surface area contributed by atoms with Crippen molar-refractivity contribution >= 4 is 51.9 Å². The lowest BCUT2D eigenvalue weighted by molar-refractivity contribution is 0.102. The number of carbonyl (C=O) groups is 1. The van der Waals surface area contributed by atoms with Crippen LogP contribution in [0.25, 0.3) is 0 Å². The van der Waals surface area contributed by atoms with Crippen molar-refractivity contribution in [2.75, 3.05) is 21.9 Å². The molecule has 4 rings (SSSR count). The highest BCUT2D eigenvalue weighted by Gasteiger charge is 2.24. The second-order valence-electron chi connectivity index (χ2n) is 6.52. The summed E-state index contributed by atoms with van der Waals surface area (Å²) in [6, 6.07) is 16.0. The summed E-state index contributed by atoms with van der Waals surface area (Å²) in [6.07, 6.45) is 2.76. The van der Waals surface area contributed by atoms with Gasteiger partial charge in [-0.3, -0.25) is 14.5 Å². The van der Waals surface area contributed by atoms with Gasteiger partial charge in [-0.05, 0) is 42.5 Å². The maximum atomic E-state index is 12.8. The molecule has 1 fully saturated rings. The summed E-state index contributed by atoms with van der Waals surface area (Å²) in [5.74, 6) is 0.293. The zero-order valence-electron chi connectivity index (χ0n) is 15.8. The summed E-state index contributed by atoms with van der Waals surface area (Å²) in [7, 11) is -1.02. The molecule has 30 heavy (non-hydrogen) atoms. The summed E-state index contributed by atoms with van der Waals surface area (Å²) in [6.45, 7) is 0.710. The third-order valence-corrected chi connectivity index (χ3v) is 6.37. The zero-order chi connectivity index (χ0) is 21.1. The number of H-pyrrole nitrogens is 1. The van der Waals surface area contributed by atoms with E-state index in [0.717, 1.165) is 23.3 Å². The fourth-order valence-electron chi connectivity index (χ4n) is 3.13. The predicted molar refractivity (Wildman–Crippen MR) is 121 cm³/mol. The van der Waals surface area contributed by atoms with Crippen LogP contribution in [-0.4, -0.2) is 39.4 Å². The minimum atomic E-state index is -1.02. The number of halogens is 1. The van der Waals surface area contributed by atoms with Gasteiger partial charge in [-0.1, -0.05) is 23.7 Å². The lowest BCUT2D eigenvalue weighted by atomic mass is 10.1. The largest absolute Gasteiger partial charge is 0.360 e. The van der Waals surface area contributed by atoms with Gasteiger partial charge >= 0.3 is 0 Å². The van der Waals surface area contributed by atoms with Crippen molar-refractivity contribution in [3.63, 3.8) is 0 Å². The molecule has 0 radical (unpaired) electrons. The molecular weight excluding hydrogens is 422 g/mol. The van der Waals surface area contributed by atoms with Crippen LogP contribution in [0.15, 0.2) is 65.8 Å². The minimum Gasteiger partial charge on any atom is -0.360 e. The second kappa shape index (κ2) is 8.64. The topological polar surface area (TPSA) is 101 Å². The van der Waals surface area contributed by atoms with E-state index in [1.807, 2.05) is 18.2 Å². The fraction of sp³-hybridized carbons (Fsp3) is 0.0952. The van der Waals surface area contributed by atoms with Crippen LogP contribution in [0.5, 0.6) is 0 Å². The molecule has 0 spiro atoms. The maximum absolute atomic E-state index is 12.8. The van der Waals surface area contributed by atoms with Gasteiger partial charge < -0.3 is 10.3 Å². The first-order valence-electron chi connectivity index (χ1n) is 9.14. The number of aromatic amines is 1. The average molecular weight is 440 g/mol. The van der Waals surface area contributed by atoms with Crippen molar-refractivity contribution in [3.05, 3.63) is 82.6 Å². The monoisotopic (exact) mass is 439 g/mol. The number of hydrogen-bond donors (Lipinski definition) is 3. The number of anilines is 2. The Morgan fingerprint density at radius 1 is 1.23 bits per heavy atom. The molecule has 2 heterocycles. The Balaban J connectivity index is 1.55. The van der Waals surface area contributed by atoms with Gasteiger partial charge in [-0.25, -0.2) is 9.20 Å². The van der Waals surface area contributed by atoms with Crippen molar-refractivity contribution in [2.45, 2.75) is 0 Å². The molecule has 1 saturated heterocycles. The van der Waals surface area contributed by atoms with E-state index in [-0.39, 0.29) is 5.91 Å². The number of aliphatic imine (C=N–C) groups is 1. The van der Waals surface area contributed by atoms with Crippen LogP contribution in [0, 0.1) is 5.41 Å². The van der Waals surface area contributed by atoms with Gasteiger partial charge in [0.1, 0.15) is 17.3 Å². The van der Waals surface area contributed by atoms with E-state index in [1.165, 1.54) is 0 Å². The highest BCUT2D eigenvalue weighted by Crippen LogP contribution is 2.28. The summed E-state index contributed by atoms with van der Waals surface area (Å²) < 4.78 is 13.4. The number of hydrogen-bond acceptors (Lipinski definition) is 3. The van der Waals surface area contributed by atoms with Crippen LogP contribution in [0.2, 0.25) is 5.02 Å². The Bertz CT molecular complexity index is 1160. The number of nitrogens with zero attached hydrogens (tertiary/aromatic N) is 2. The molecule has 7 nitrogen and oxygen atoms in total. The first kappa shape index (κ1) is 20.1. The van der Waals surface area contributed by atoms with Gasteiger partial charge in [-0.2, -0.15) is 0 Å². The van der Waals surface area contributed by atoms with E-state index in [1.54, 1.807) is 46.9 Å². The molecular formula is C21H18ClN5O2S. The highest BCUT2D eigenvalue weighted by atomic mass is 35.5. The lowest BCUT2D eigenvalue weighted by Crippen LogP contribution is -2.42. The molecule has 1 aliphatic heterocycles. The van der Waals surface area contributed by atoms with Crippen LogP contribution < -0.4 is 9.62 Å². The second-order valence-corrected chi connectivity index (χ2v) is 8.42. The number of nitrogens with one attached hydrogen (secondary N) is 3. The van der Waals surface area contributed by atoms with Crippen molar-refractivity contribution in [1.29, 1.82) is 5.41 Å². The quantitative estimate of drug-likeness (QED) is 0.401. The molecule has 1 amide bonds. The number of amides is 1. The van der Waals surface area contributed by atoms with Crippen molar-refractivity contribution in [3.8, 4) is 0 Å². The van der Waals surface area contributed by atoms with Crippen LogP contribution >= 0.6 is 11.6 Å². The molecule has 1 aliphatic rings. The van der Waals surface area contributed by atoms with Gasteiger partial charge in [0.05, 0.1) is 33.4 Å². The molecule has 1 atom stereocenters. The predicted octanol–water partition coefficient (Wildman–Crippen LogP) is 3.85. The first-order valence-corrected chi connectivity index (χ1v) is 10.8. The average Bonchev–Trinajstić information content (AvgIpc) is 3.25. The normalized spacial score (nSPS) is 16.1. The van der Waals surface area contributed by atoms with E-state index in [0.29, 0.717) is 34.3 Å². The summed E-state index contributed by atoms with van der Waals surface area (Å²) >= 11 is 6.32. The Morgan fingerprint density at radius 2 is 2.10 bits per heavy atom.